The maximum absolute atomic E-state index is 12.6. The highest BCUT2D eigenvalue weighted by atomic mass is 79.9. The van der Waals surface area contributed by atoms with Crippen molar-refractivity contribution in [3.8, 4) is 0 Å². The molecule has 0 aromatic heterocycles. The monoisotopic (exact) mass is 409 g/mol. The highest BCUT2D eigenvalue weighted by Gasteiger charge is 2.47. The van der Waals surface area contributed by atoms with Gasteiger partial charge >= 0.3 is 6.03 Å². The molecule has 0 radical (unpaired) electrons. The number of carbonyl (C=O) groups is 3. The van der Waals surface area contributed by atoms with Gasteiger partial charge in [-0.05, 0) is 56.4 Å². The Balaban J connectivity index is 2.01. The minimum absolute atomic E-state index is 0.295. The number of anilines is 1. The Morgan fingerprint density at radius 3 is 2.64 bits per heavy atom. The number of hydrogen-bond donors (Lipinski definition) is 2. The maximum atomic E-state index is 12.6. The molecule has 2 rings (SSSR count). The summed E-state index contributed by atoms with van der Waals surface area (Å²) in [6.07, 6.45) is 1.37. The van der Waals surface area contributed by atoms with Crippen molar-refractivity contribution in [2.45, 2.75) is 46.1 Å². The van der Waals surface area contributed by atoms with E-state index in [1.165, 1.54) is 0 Å². The Kier molecular flexibility index (Phi) is 5.87. The molecule has 6 nitrogen and oxygen atoms in total. The van der Waals surface area contributed by atoms with E-state index >= 15 is 0 Å². The smallest absolute Gasteiger partial charge is 0.325 e. The van der Waals surface area contributed by atoms with Crippen molar-refractivity contribution in [2.75, 3.05) is 11.9 Å². The van der Waals surface area contributed by atoms with Gasteiger partial charge in [0.15, 0.2) is 0 Å². The Bertz CT molecular complexity index is 705. The molecule has 0 bridgehead atoms. The van der Waals surface area contributed by atoms with Crippen LogP contribution in [0, 0.1) is 12.8 Å². The summed E-state index contributed by atoms with van der Waals surface area (Å²) in [5.74, 6) is -0.321. The fourth-order valence-electron chi connectivity index (χ4n) is 2.70. The lowest BCUT2D eigenvalue weighted by molar-refractivity contribution is -0.133. The third-order valence-electron chi connectivity index (χ3n) is 4.31. The second kappa shape index (κ2) is 7.56. The maximum Gasteiger partial charge on any atom is 0.325 e. The molecule has 0 unspecified atom stereocenters. The molecule has 1 aliphatic heterocycles. The molecule has 4 amide bonds. The van der Waals surface area contributed by atoms with E-state index in [0.717, 1.165) is 21.4 Å². The molecule has 136 valence electrons. The van der Waals surface area contributed by atoms with Gasteiger partial charge in [0.2, 0.25) is 5.91 Å². The zero-order valence-corrected chi connectivity index (χ0v) is 16.6. The zero-order valence-electron chi connectivity index (χ0n) is 15.0. The molecule has 1 aromatic rings. The van der Waals surface area contributed by atoms with Crippen LogP contribution in [0.4, 0.5) is 10.5 Å². The molecule has 1 aromatic carbocycles. The number of halogens is 1. The van der Waals surface area contributed by atoms with Gasteiger partial charge in [-0.2, -0.15) is 0 Å². The quantitative estimate of drug-likeness (QED) is 0.706. The number of benzene rings is 1. The largest absolute Gasteiger partial charge is 0.325 e. The van der Waals surface area contributed by atoms with Gasteiger partial charge in [-0.15, -0.1) is 0 Å². The number of nitrogens with zero attached hydrogens (tertiary/aromatic N) is 1. The van der Waals surface area contributed by atoms with Crippen LogP contribution in [0.25, 0.3) is 0 Å². The van der Waals surface area contributed by atoms with E-state index in [4.69, 9.17) is 0 Å². The van der Waals surface area contributed by atoms with E-state index < -0.39 is 17.5 Å². The average Bonchev–Trinajstić information content (AvgIpc) is 2.73. The zero-order chi connectivity index (χ0) is 18.8. The Labute approximate surface area is 156 Å². The van der Waals surface area contributed by atoms with E-state index in [1.54, 1.807) is 13.0 Å². The van der Waals surface area contributed by atoms with Crippen LogP contribution in [0.15, 0.2) is 22.7 Å². The molecule has 0 aliphatic carbocycles. The van der Waals surface area contributed by atoms with Gasteiger partial charge in [0.25, 0.3) is 5.91 Å². The summed E-state index contributed by atoms with van der Waals surface area (Å²) < 4.78 is 0.945. The minimum atomic E-state index is -0.935. The number of urea groups is 1. The molecule has 1 fully saturated rings. The molecular formula is C18H24BrN3O3. The molecule has 25 heavy (non-hydrogen) atoms. The summed E-state index contributed by atoms with van der Waals surface area (Å²) in [7, 11) is 0. The number of imide groups is 1. The van der Waals surface area contributed by atoms with Crippen LogP contribution in [-0.4, -0.2) is 34.8 Å². The Hall–Kier alpha value is -1.89. The van der Waals surface area contributed by atoms with Crippen molar-refractivity contribution in [3.05, 3.63) is 28.2 Å². The lowest BCUT2D eigenvalue weighted by Crippen LogP contribution is -2.44. The summed E-state index contributed by atoms with van der Waals surface area (Å²) in [6, 6.07) is 4.90. The fraction of sp³-hybridized carbons (Fsp3) is 0.500. The number of hydrogen-bond acceptors (Lipinski definition) is 3. The highest BCUT2D eigenvalue weighted by Crippen LogP contribution is 2.25. The van der Waals surface area contributed by atoms with E-state index in [1.807, 2.05) is 19.1 Å². The average molecular weight is 410 g/mol. The van der Waals surface area contributed by atoms with Crippen LogP contribution in [-0.2, 0) is 9.59 Å². The number of nitrogens with one attached hydrogen (secondary N) is 2. The third kappa shape index (κ3) is 4.60. The number of carbonyl (C=O) groups excluding carboxylic acids is 3. The van der Waals surface area contributed by atoms with Gasteiger partial charge in [-0.25, -0.2) is 4.79 Å². The molecule has 1 aliphatic rings. The SMILES string of the molecule is Cc1cc(NC(=O)CN2C(=O)N[C@](C)(CCC(C)C)C2=O)ccc1Br. The normalized spacial score (nSPS) is 20.2. The molecule has 0 saturated carbocycles. The standard InChI is InChI=1S/C18H24BrN3O3/c1-11(2)7-8-18(4)16(24)22(17(25)21-18)10-15(23)20-13-5-6-14(19)12(3)9-13/h5-6,9,11H,7-8,10H2,1-4H3,(H,20,23)(H,21,25)/t18-/m1/s1. The molecule has 2 N–H and O–H groups in total. The van der Waals surface area contributed by atoms with Gasteiger partial charge in [-0.1, -0.05) is 29.8 Å². The molecule has 0 spiro atoms. The predicted octanol–water partition coefficient (Wildman–Crippen LogP) is 3.44. The lowest BCUT2D eigenvalue weighted by Gasteiger charge is -2.22. The van der Waals surface area contributed by atoms with Crippen LogP contribution in [0.5, 0.6) is 0 Å². The van der Waals surface area contributed by atoms with Crippen LogP contribution >= 0.6 is 15.9 Å². The van der Waals surface area contributed by atoms with Crippen molar-refractivity contribution < 1.29 is 14.4 Å². The molecule has 7 heteroatoms. The van der Waals surface area contributed by atoms with Crippen molar-refractivity contribution in [1.29, 1.82) is 0 Å². The van der Waals surface area contributed by atoms with Crippen molar-refractivity contribution in [3.63, 3.8) is 0 Å². The molecule has 1 saturated heterocycles. The van der Waals surface area contributed by atoms with Crippen LogP contribution in [0.3, 0.4) is 0 Å². The predicted molar refractivity (Wildman–Crippen MR) is 100 cm³/mol. The van der Waals surface area contributed by atoms with Gasteiger partial charge in [0.05, 0.1) is 0 Å². The topological polar surface area (TPSA) is 78.5 Å². The summed E-state index contributed by atoms with van der Waals surface area (Å²) >= 11 is 3.40. The molecule has 1 atom stereocenters. The second-order valence-corrected chi connectivity index (χ2v) is 7.95. The van der Waals surface area contributed by atoms with Gasteiger partial charge in [0, 0.05) is 10.2 Å². The van der Waals surface area contributed by atoms with Crippen LogP contribution in [0.2, 0.25) is 0 Å². The fourth-order valence-corrected chi connectivity index (χ4v) is 2.95. The van der Waals surface area contributed by atoms with Crippen LogP contribution in [0.1, 0.15) is 39.2 Å². The van der Waals surface area contributed by atoms with E-state index in [2.05, 4.69) is 40.4 Å². The van der Waals surface area contributed by atoms with Crippen molar-refractivity contribution in [2.24, 2.45) is 5.92 Å². The van der Waals surface area contributed by atoms with Gasteiger partial charge in [-0.3, -0.25) is 14.5 Å². The summed E-state index contributed by atoms with van der Waals surface area (Å²) in [6.45, 7) is 7.46. The summed E-state index contributed by atoms with van der Waals surface area (Å²) in [5.41, 5.74) is 0.671. The molecule has 1 heterocycles. The van der Waals surface area contributed by atoms with Gasteiger partial charge < -0.3 is 10.6 Å². The third-order valence-corrected chi connectivity index (χ3v) is 5.20. The van der Waals surface area contributed by atoms with Crippen LogP contribution < -0.4 is 10.6 Å². The first-order valence-electron chi connectivity index (χ1n) is 8.32. The number of aryl methyl sites for hydroxylation is 1. The van der Waals surface area contributed by atoms with E-state index in [-0.39, 0.29) is 12.5 Å². The highest BCUT2D eigenvalue weighted by molar-refractivity contribution is 9.10. The van der Waals surface area contributed by atoms with E-state index in [0.29, 0.717) is 18.0 Å². The number of amides is 4. The first kappa shape index (κ1) is 19.4. The van der Waals surface area contributed by atoms with E-state index in [9.17, 15) is 14.4 Å². The minimum Gasteiger partial charge on any atom is -0.325 e. The summed E-state index contributed by atoms with van der Waals surface area (Å²) in [4.78, 5) is 38.0. The first-order valence-corrected chi connectivity index (χ1v) is 9.12. The van der Waals surface area contributed by atoms with Crippen molar-refractivity contribution >= 4 is 39.5 Å². The summed E-state index contributed by atoms with van der Waals surface area (Å²) in [5, 5.41) is 5.44. The second-order valence-electron chi connectivity index (χ2n) is 7.10. The number of rotatable bonds is 6. The Morgan fingerprint density at radius 1 is 1.36 bits per heavy atom. The Morgan fingerprint density at radius 2 is 2.04 bits per heavy atom. The van der Waals surface area contributed by atoms with Crippen molar-refractivity contribution in [1.82, 2.24) is 10.2 Å². The first-order chi connectivity index (χ1) is 11.6. The lowest BCUT2D eigenvalue weighted by atomic mass is 9.92. The van der Waals surface area contributed by atoms with Gasteiger partial charge in [0.1, 0.15) is 12.1 Å². The molecular weight excluding hydrogens is 386 g/mol.